The third-order valence-corrected chi connectivity index (χ3v) is 4.52. The number of amides is 1. The summed E-state index contributed by atoms with van der Waals surface area (Å²) in [7, 11) is 0. The number of hydrogen-bond donors (Lipinski definition) is 2. The van der Waals surface area contributed by atoms with Crippen molar-refractivity contribution in [3.63, 3.8) is 0 Å². The zero-order chi connectivity index (χ0) is 16.5. The summed E-state index contributed by atoms with van der Waals surface area (Å²) in [5, 5.41) is 0. The van der Waals surface area contributed by atoms with E-state index < -0.39 is 0 Å². The van der Waals surface area contributed by atoms with Crippen LogP contribution < -0.4 is 11.5 Å². The third kappa shape index (κ3) is 3.43. The largest absolute Gasteiger partial charge is 0.370 e. The van der Waals surface area contributed by atoms with Gasteiger partial charge in [-0.3, -0.25) is 4.79 Å². The SMILES string of the molecule is Cc1c(C)c(C)c(C(C)(C)CC(=O)N=C(N)N)c(C)c1C. The van der Waals surface area contributed by atoms with Crippen molar-refractivity contribution in [2.75, 3.05) is 0 Å². The number of carbonyl (C=O) groups excluding carboxylic acids is 1. The van der Waals surface area contributed by atoms with Gasteiger partial charge in [0.25, 0.3) is 0 Å². The molecule has 0 aliphatic carbocycles. The average molecular weight is 289 g/mol. The van der Waals surface area contributed by atoms with Crippen molar-refractivity contribution < 1.29 is 4.79 Å². The Labute approximate surface area is 127 Å². The normalized spacial score (nSPS) is 11.4. The molecule has 0 aromatic heterocycles. The summed E-state index contributed by atoms with van der Waals surface area (Å²) >= 11 is 0. The molecule has 0 aliphatic rings. The minimum Gasteiger partial charge on any atom is -0.370 e. The molecule has 0 radical (unpaired) electrons. The summed E-state index contributed by atoms with van der Waals surface area (Å²) in [5.41, 5.74) is 17.9. The van der Waals surface area contributed by atoms with Crippen molar-refractivity contribution in [2.24, 2.45) is 16.5 Å². The quantitative estimate of drug-likeness (QED) is 0.663. The lowest BCUT2D eigenvalue weighted by molar-refractivity contribution is -0.118. The van der Waals surface area contributed by atoms with Crippen LogP contribution in [-0.4, -0.2) is 11.9 Å². The number of nitrogens with two attached hydrogens (primary N) is 2. The van der Waals surface area contributed by atoms with Crippen molar-refractivity contribution in [1.29, 1.82) is 0 Å². The predicted octanol–water partition coefficient (Wildman–Crippen LogP) is 2.70. The van der Waals surface area contributed by atoms with E-state index in [1.807, 2.05) is 0 Å². The molecule has 0 fully saturated rings. The fourth-order valence-corrected chi connectivity index (χ4v) is 3.17. The molecular weight excluding hydrogens is 262 g/mol. The van der Waals surface area contributed by atoms with Crippen LogP contribution in [0, 0.1) is 34.6 Å². The molecule has 4 heteroatoms. The van der Waals surface area contributed by atoms with Crippen LogP contribution in [0.2, 0.25) is 0 Å². The molecule has 0 heterocycles. The van der Waals surface area contributed by atoms with E-state index in [0.717, 1.165) is 0 Å². The summed E-state index contributed by atoms with van der Waals surface area (Å²) in [6, 6.07) is 0. The van der Waals surface area contributed by atoms with Crippen LogP contribution in [0.3, 0.4) is 0 Å². The molecule has 0 unspecified atom stereocenters. The number of hydrogen-bond acceptors (Lipinski definition) is 1. The van der Waals surface area contributed by atoms with Gasteiger partial charge in [-0.2, -0.15) is 4.99 Å². The highest BCUT2D eigenvalue weighted by Gasteiger charge is 2.29. The van der Waals surface area contributed by atoms with Crippen LogP contribution in [0.5, 0.6) is 0 Å². The number of benzene rings is 1. The van der Waals surface area contributed by atoms with Gasteiger partial charge in [-0.05, 0) is 73.4 Å². The number of rotatable bonds is 3. The van der Waals surface area contributed by atoms with Gasteiger partial charge >= 0.3 is 0 Å². The van der Waals surface area contributed by atoms with Crippen molar-refractivity contribution in [1.82, 2.24) is 0 Å². The molecule has 1 aromatic rings. The number of nitrogens with zero attached hydrogens (tertiary/aromatic N) is 1. The van der Waals surface area contributed by atoms with Gasteiger partial charge in [0.15, 0.2) is 5.96 Å². The first-order valence-electron chi connectivity index (χ1n) is 7.19. The molecule has 0 spiro atoms. The van der Waals surface area contributed by atoms with E-state index >= 15 is 0 Å². The fraction of sp³-hybridized carbons (Fsp3) is 0.529. The van der Waals surface area contributed by atoms with Gasteiger partial charge in [0.2, 0.25) is 5.91 Å². The summed E-state index contributed by atoms with van der Waals surface area (Å²) in [5.74, 6) is -0.463. The van der Waals surface area contributed by atoms with E-state index in [1.54, 1.807) is 0 Å². The molecule has 0 saturated carbocycles. The van der Waals surface area contributed by atoms with E-state index in [0.29, 0.717) is 0 Å². The number of aliphatic imine (C=N–C) groups is 1. The van der Waals surface area contributed by atoms with Crippen LogP contribution in [0.15, 0.2) is 4.99 Å². The Morgan fingerprint density at radius 2 is 1.29 bits per heavy atom. The molecule has 4 nitrogen and oxygen atoms in total. The van der Waals surface area contributed by atoms with Gasteiger partial charge in [0.05, 0.1) is 0 Å². The minimum atomic E-state index is -0.312. The molecule has 21 heavy (non-hydrogen) atoms. The first kappa shape index (κ1) is 17.2. The molecule has 4 N–H and O–H groups in total. The zero-order valence-electron chi connectivity index (χ0n) is 14.2. The second kappa shape index (κ2) is 5.88. The second-order valence-electron chi connectivity index (χ2n) is 6.49. The van der Waals surface area contributed by atoms with Gasteiger partial charge in [-0.15, -0.1) is 0 Å². The van der Waals surface area contributed by atoms with Crippen LogP contribution in [-0.2, 0) is 10.2 Å². The monoisotopic (exact) mass is 289 g/mol. The van der Waals surface area contributed by atoms with Gasteiger partial charge in [-0.1, -0.05) is 13.8 Å². The maximum atomic E-state index is 12.0. The molecule has 1 rings (SSSR count). The second-order valence-corrected chi connectivity index (χ2v) is 6.49. The third-order valence-electron chi connectivity index (χ3n) is 4.52. The lowest BCUT2D eigenvalue weighted by Gasteiger charge is -2.31. The Morgan fingerprint density at radius 3 is 1.67 bits per heavy atom. The highest BCUT2D eigenvalue weighted by molar-refractivity contribution is 5.92. The van der Waals surface area contributed by atoms with Crippen LogP contribution in [0.25, 0.3) is 0 Å². The average Bonchev–Trinajstić information content (AvgIpc) is 2.32. The Morgan fingerprint density at radius 1 is 0.905 bits per heavy atom. The topological polar surface area (TPSA) is 81.5 Å². The van der Waals surface area contributed by atoms with E-state index in [2.05, 4.69) is 53.5 Å². The van der Waals surface area contributed by atoms with E-state index in [-0.39, 0.29) is 23.7 Å². The highest BCUT2D eigenvalue weighted by Crippen LogP contribution is 2.37. The van der Waals surface area contributed by atoms with Crippen molar-refractivity contribution in [2.45, 2.75) is 60.3 Å². The Hall–Kier alpha value is -1.84. The summed E-state index contributed by atoms with van der Waals surface area (Å²) in [6.07, 6.45) is 0.286. The smallest absolute Gasteiger partial charge is 0.249 e. The number of guanidine groups is 1. The molecule has 1 aromatic carbocycles. The van der Waals surface area contributed by atoms with E-state index in [4.69, 9.17) is 11.5 Å². The molecule has 1 amide bonds. The highest BCUT2D eigenvalue weighted by atomic mass is 16.1. The van der Waals surface area contributed by atoms with E-state index in [9.17, 15) is 4.79 Å². The maximum absolute atomic E-state index is 12.0. The lowest BCUT2D eigenvalue weighted by atomic mass is 9.74. The molecule has 0 aliphatic heterocycles. The lowest BCUT2D eigenvalue weighted by Crippen LogP contribution is -2.28. The Balaban J connectivity index is 3.39. The van der Waals surface area contributed by atoms with Crippen molar-refractivity contribution >= 4 is 11.9 Å². The van der Waals surface area contributed by atoms with Gasteiger partial charge in [-0.25, -0.2) is 0 Å². The van der Waals surface area contributed by atoms with E-state index in [1.165, 1.54) is 33.4 Å². The van der Waals surface area contributed by atoms with Crippen LogP contribution in [0.1, 0.15) is 53.6 Å². The minimum absolute atomic E-state index is 0.180. The first-order valence-corrected chi connectivity index (χ1v) is 7.19. The predicted molar refractivity (Wildman–Crippen MR) is 88.6 cm³/mol. The van der Waals surface area contributed by atoms with Crippen LogP contribution >= 0.6 is 0 Å². The Kier molecular flexibility index (Phi) is 4.82. The fourth-order valence-electron chi connectivity index (χ4n) is 3.17. The molecule has 0 saturated heterocycles. The summed E-state index contributed by atoms with van der Waals surface area (Å²) in [6.45, 7) is 14.8. The molecular formula is C17H27N3O. The molecule has 0 bridgehead atoms. The zero-order valence-corrected chi connectivity index (χ0v) is 14.2. The number of carbonyl (C=O) groups is 1. The van der Waals surface area contributed by atoms with Crippen molar-refractivity contribution in [3.8, 4) is 0 Å². The maximum Gasteiger partial charge on any atom is 0.249 e. The van der Waals surface area contributed by atoms with Gasteiger partial charge < -0.3 is 11.5 Å². The summed E-state index contributed by atoms with van der Waals surface area (Å²) in [4.78, 5) is 15.6. The standard InChI is InChI=1S/C17H27N3O/c1-9-10(2)12(4)15(13(5)11(9)3)17(6,7)8-14(21)20-16(18)19/h8H2,1-7H3,(H4,18,19,20,21). The van der Waals surface area contributed by atoms with Crippen LogP contribution in [0.4, 0.5) is 0 Å². The molecule has 116 valence electrons. The first-order chi connectivity index (χ1) is 9.49. The Bertz CT molecular complexity index is 580. The summed E-state index contributed by atoms with van der Waals surface area (Å²) < 4.78 is 0. The van der Waals surface area contributed by atoms with Gasteiger partial charge in [0, 0.05) is 6.42 Å². The van der Waals surface area contributed by atoms with Gasteiger partial charge in [0.1, 0.15) is 0 Å². The molecule has 0 atom stereocenters. The van der Waals surface area contributed by atoms with Crippen molar-refractivity contribution in [3.05, 3.63) is 33.4 Å².